The van der Waals surface area contributed by atoms with Gasteiger partial charge in [-0.15, -0.1) is 4.99 Å². The lowest BCUT2D eigenvalue weighted by Gasteiger charge is -2.39. The average Bonchev–Trinajstić information content (AvgIpc) is 3.30. The molecule has 0 bridgehead atoms. The number of guanidine groups is 1. The third-order valence-electron chi connectivity index (χ3n) is 10.8. The van der Waals surface area contributed by atoms with Crippen molar-refractivity contribution in [3.05, 3.63) is 152 Å². The van der Waals surface area contributed by atoms with Gasteiger partial charge in [0, 0.05) is 66.7 Å². The van der Waals surface area contributed by atoms with Gasteiger partial charge in [0.1, 0.15) is 25.8 Å². The monoisotopic (exact) mass is 880 g/mol. The molecule has 1 heterocycles. The fraction of sp³-hybridized carbons (Fsp3) is 0.435. The molecule has 0 unspecified atom stereocenters. The van der Waals surface area contributed by atoms with Crippen molar-refractivity contribution in [2.45, 2.75) is 102 Å². The molecule has 0 spiro atoms. The first kappa shape index (κ1) is 47.8. The van der Waals surface area contributed by atoms with E-state index in [2.05, 4.69) is 50.5 Å². The minimum Gasteiger partial charge on any atom is -0.356 e. The van der Waals surface area contributed by atoms with E-state index in [4.69, 9.17) is 18.9 Å². The Hall–Kier alpha value is -5.29. The molecule has 0 radical (unpaired) electrons. The molecule has 1 aliphatic heterocycles. The lowest BCUT2D eigenvalue weighted by Crippen LogP contribution is -2.53. The Bertz CT molecular complexity index is 1950. The van der Waals surface area contributed by atoms with Crippen LogP contribution in [0.5, 0.6) is 0 Å². The zero-order chi connectivity index (χ0) is 44.7. The molecule has 16 heteroatoms. The van der Waals surface area contributed by atoms with Crippen molar-refractivity contribution in [3.8, 4) is 6.19 Å². The highest BCUT2D eigenvalue weighted by Crippen LogP contribution is 2.34. The maximum Gasteiger partial charge on any atom is 0.269 e. The van der Waals surface area contributed by atoms with Gasteiger partial charge >= 0.3 is 0 Å². The predicted molar refractivity (Wildman–Crippen MR) is 246 cm³/mol. The molecule has 0 amide bonds. The number of nitrogens with zero attached hydrogens (tertiary/aromatic N) is 6. The van der Waals surface area contributed by atoms with Gasteiger partial charge in [0.15, 0.2) is 0 Å². The Labute approximate surface area is 367 Å². The third kappa shape index (κ3) is 14.7. The van der Waals surface area contributed by atoms with Crippen molar-refractivity contribution in [2.75, 3.05) is 26.8 Å². The van der Waals surface area contributed by atoms with Gasteiger partial charge in [-0.25, -0.2) is 0 Å². The molecule has 1 saturated heterocycles. The van der Waals surface area contributed by atoms with Gasteiger partial charge < -0.3 is 28.7 Å². The lowest BCUT2D eigenvalue weighted by atomic mass is 9.90. The number of ether oxygens (including phenoxy) is 4. The van der Waals surface area contributed by atoms with E-state index in [0.29, 0.717) is 32.0 Å². The Kier molecular flexibility index (Phi) is 17.5. The first-order valence-corrected chi connectivity index (χ1v) is 28.5. The summed E-state index contributed by atoms with van der Waals surface area (Å²) in [6, 6.07) is 33.6. The van der Waals surface area contributed by atoms with Gasteiger partial charge in [-0.2, -0.15) is 5.26 Å². The molecule has 0 aromatic heterocycles. The van der Waals surface area contributed by atoms with Gasteiger partial charge in [0.25, 0.3) is 11.4 Å². The fourth-order valence-corrected chi connectivity index (χ4v) is 8.86. The Balaban J connectivity index is 1.73. The molecule has 4 aromatic carbocycles. The van der Waals surface area contributed by atoms with Crippen LogP contribution in [0.15, 0.2) is 114 Å². The summed E-state index contributed by atoms with van der Waals surface area (Å²) in [5.74, 6) is 0.338. The van der Waals surface area contributed by atoms with Crippen LogP contribution >= 0.6 is 0 Å². The van der Waals surface area contributed by atoms with Crippen LogP contribution in [0.3, 0.4) is 0 Å². The summed E-state index contributed by atoms with van der Waals surface area (Å²) < 4.78 is 26.5. The predicted octanol–water partition coefficient (Wildman–Crippen LogP) is 9.28. The second-order valence-corrected chi connectivity index (χ2v) is 29.3. The molecule has 14 nitrogen and oxygen atoms in total. The Morgan fingerprint density at radius 2 is 0.968 bits per heavy atom. The van der Waals surface area contributed by atoms with Gasteiger partial charge in [-0.1, -0.05) is 124 Å². The summed E-state index contributed by atoms with van der Waals surface area (Å²) in [6.07, 6.45) is 1.56. The Morgan fingerprint density at radius 1 is 0.597 bits per heavy atom. The van der Waals surface area contributed by atoms with Crippen LogP contribution < -0.4 is 0 Å². The van der Waals surface area contributed by atoms with E-state index in [1.807, 2.05) is 70.5 Å². The second kappa shape index (κ2) is 22.7. The van der Waals surface area contributed by atoms with Crippen molar-refractivity contribution in [2.24, 2.45) is 4.99 Å². The van der Waals surface area contributed by atoms with Crippen LogP contribution in [0.1, 0.15) is 22.3 Å². The van der Waals surface area contributed by atoms with Crippen LogP contribution in [0.2, 0.25) is 51.4 Å². The largest absolute Gasteiger partial charge is 0.356 e. The van der Waals surface area contributed by atoms with E-state index < -0.39 is 50.3 Å². The molecular formula is C46H60N6O8Si2. The molecule has 330 valence electrons. The molecule has 4 aromatic rings. The van der Waals surface area contributed by atoms with Gasteiger partial charge in [0.2, 0.25) is 12.2 Å². The lowest BCUT2D eigenvalue weighted by molar-refractivity contribution is -0.385. The van der Waals surface area contributed by atoms with Gasteiger partial charge in [-0.05, 0) is 47.2 Å². The molecule has 62 heavy (non-hydrogen) atoms. The topological polar surface area (TPSA) is 166 Å². The van der Waals surface area contributed by atoms with E-state index in [1.165, 1.54) is 24.3 Å². The summed E-state index contributed by atoms with van der Waals surface area (Å²) in [4.78, 5) is 31.2. The van der Waals surface area contributed by atoms with Crippen LogP contribution in [0.25, 0.3) is 0 Å². The van der Waals surface area contributed by atoms with E-state index in [1.54, 1.807) is 24.3 Å². The highest BCUT2D eigenvalue weighted by atomic mass is 28.3. The van der Waals surface area contributed by atoms with Crippen molar-refractivity contribution >= 4 is 33.5 Å². The first-order chi connectivity index (χ1) is 29.6. The van der Waals surface area contributed by atoms with Crippen LogP contribution in [0.4, 0.5) is 11.4 Å². The molecule has 0 saturated carbocycles. The minimum absolute atomic E-state index is 0.0206. The summed E-state index contributed by atoms with van der Waals surface area (Å²) in [5, 5.41) is 34.0. The molecular weight excluding hydrogens is 821 g/mol. The van der Waals surface area contributed by atoms with E-state index >= 15 is 0 Å². The maximum absolute atomic E-state index is 11.7. The van der Waals surface area contributed by atoms with E-state index in [9.17, 15) is 25.5 Å². The van der Waals surface area contributed by atoms with Crippen molar-refractivity contribution in [3.63, 3.8) is 0 Å². The molecule has 0 aliphatic carbocycles. The van der Waals surface area contributed by atoms with E-state index in [0.717, 1.165) is 34.3 Å². The normalized spacial score (nSPS) is 18.2. The number of nitriles is 1. The molecule has 4 atom stereocenters. The quantitative estimate of drug-likeness (QED) is 0.0184. The van der Waals surface area contributed by atoms with Crippen LogP contribution in [-0.4, -0.2) is 92.8 Å². The standard InChI is InChI=1S/C46H60N6O8Si2/c1-61(2,3)27-25-57-34-59-44-42(29-36-13-9-7-10-14-36)49(31-38-17-21-40(22-18-38)51(53)54)46(48-33-47)50(32-39-19-23-41(24-20-39)52(55)56)43(30-37-15-11-8-12-16-37)45(44)60-35-58-26-28-62(4,5)6/h7-24,42-45H,25-32,34-35H2,1-6H3/t42-,43-,44+,45+/m1/s1. The number of aliphatic imine (C=N–C) groups is 1. The number of rotatable bonds is 22. The summed E-state index contributed by atoms with van der Waals surface area (Å²) in [7, 11) is -2.85. The zero-order valence-electron chi connectivity index (χ0n) is 36.7. The van der Waals surface area contributed by atoms with Crippen molar-refractivity contribution < 1.29 is 28.8 Å². The van der Waals surface area contributed by atoms with Crippen molar-refractivity contribution in [1.29, 1.82) is 5.26 Å². The second-order valence-electron chi connectivity index (χ2n) is 18.1. The zero-order valence-corrected chi connectivity index (χ0v) is 38.7. The summed E-state index contributed by atoms with van der Waals surface area (Å²) >= 11 is 0. The number of non-ortho nitro benzene ring substituents is 2. The van der Waals surface area contributed by atoms with Gasteiger partial charge in [-0.3, -0.25) is 20.2 Å². The number of benzene rings is 4. The van der Waals surface area contributed by atoms with Crippen LogP contribution in [-0.2, 0) is 44.9 Å². The smallest absolute Gasteiger partial charge is 0.269 e. The highest BCUT2D eigenvalue weighted by molar-refractivity contribution is 6.76. The average molecular weight is 881 g/mol. The molecule has 0 N–H and O–H groups in total. The summed E-state index contributed by atoms with van der Waals surface area (Å²) in [5.41, 5.74) is 3.41. The molecule has 1 fully saturated rings. The highest BCUT2D eigenvalue weighted by Gasteiger charge is 2.48. The number of hydrogen-bond acceptors (Lipinski definition) is 10. The first-order valence-electron chi connectivity index (χ1n) is 21.0. The number of nitro groups is 2. The Morgan fingerprint density at radius 3 is 1.29 bits per heavy atom. The van der Waals surface area contributed by atoms with Crippen LogP contribution in [0, 0.1) is 31.7 Å². The maximum atomic E-state index is 11.7. The van der Waals surface area contributed by atoms with Gasteiger partial charge in [0.05, 0.1) is 21.9 Å². The molecule has 5 rings (SSSR count). The third-order valence-corrected chi connectivity index (χ3v) is 14.2. The summed E-state index contributed by atoms with van der Waals surface area (Å²) in [6.45, 7) is 15.2. The fourth-order valence-electron chi connectivity index (χ4n) is 7.35. The SMILES string of the molecule is C[Si](C)(C)CCOCO[C@@H]1[C@@H](OCOCC[Si](C)(C)C)[C@@H](Cc2ccccc2)N(Cc2ccc([N+](=O)[O-])cc2)C(=NC#N)N(Cc2ccc([N+](=O)[O-])cc2)[C@@H]1Cc1ccccc1. The number of hydrogen-bond donors (Lipinski definition) is 0. The van der Waals surface area contributed by atoms with E-state index in [-0.39, 0.29) is 38.1 Å². The number of nitro benzene ring substituents is 2. The van der Waals surface area contributed by atoms with Crippen molar-refractivity contribution in [1.82, 2.24) is 9.80 Å². The molecule has 1 aliphatic rings. The minimum atomic E-state index is -1.43.